The molecule has 2 rings (SSSR count). The fraction of sp³-hybridized carbons (Fsp3) is 0.333. The van der Waals surface area contributed by atoms with E-state index in [1.807, 2.05) is 0 Å². The minimum atomic E-state index is -3.89. The van der Waals surface area contributed by atoms with Gasteiger partial charge < -0.3 is 4.90 Å². The molecule has 0 spiro atoms. The summed E-state index contributed by atoms with van der Waals surface area (Å²) in [7, 11) is 1.32. The summed E-state index contributed by atoms with van der Waals surface area (Å²) in [6, 6.07) is 1.29. The van der Waals surface area contributed by atoms with E-state index in [1.165, 1.54) is 12.3 Å². The van der Waals surface area contributed by atoms with Crippen molar-refractivity contribution >= 4 is 37.0 Å². The van der Waals surface area contributed by atoms with Gasteiger partial charge >= 0.3 is 5.69 Å². The van der Waals surface area contributed by atoms with Gasteiger partial charge in [-0.25, -0.2) is 8.42 Å². The Morgan fingerprint density at radius 3 is 2.74 bits per heavy atom. The third kappa shape index (κ3) is 2.66. The summed E-state index contributed by atoms with van der Waals surface area (Å²) in [5, 5.41) is 9.79. The molecule has 0 radical (unpaired) electrons. The zero-order valence-corrected chi connectivity index (χ0v) is 11.0. The Hall–Kier alpha value is -1.74. The van der Waals surface area contributed by atoms with Crippen LogP contribution in [0.4, 0.5) is 11.4 Å². The quantitative estimate of drug-likeness (QED) is 0.461. The Balaban J connectivity index is 2.39. The van der Waals surface area contributed by atoms with Crippen molar-refractivity contribution in [2.24, 2.45) is 0 Å². The van der Waals surface area contributed by atoms with E-state index < -0.39 is 25.1 Å². The fourth-order valence-electron chi connectivity index (χ4n) is 1.84. The lowest BCUT2D eigenvalue weighted by atomic mass is 10.3. The predicted octanol–water partition coefficient (Wildman–Crippen LogP) is 0.664. The summed E-state index contributed by atoms with van der Waals surface area (Å²) in [6.07, 6.45) is 2.01. The molecule has 102 valence electrons. The maximum Gasteiger partial charge on any atom is 0.311 e. The van der Waals surface area contributed by atoms with Crippen molar-refractivity contribution in [1.82, 2.24) is 4.98 Å². The average Bonchev–Trinajstić information content (AvgIpc) is 2.71. The molecule has 1 aliphatic heterocycles. The van der Waals surface area contributed by atoms with Gasteiger partial charge in [-0.1, -0.05) is 0 Å². The highest BCUT2D eigenvalue weighted by Gasteiger charge is 2.40. The van der Waals surface area contributed by atoms with Gasteiger partial charge in [-0.3, -0.25) is 19.9 Å². The molecular weight excluding hydrogens is 298 g/mol. The van der Waals surface area contributed by atoms with Crippen molar-refractivity contribution in [2.45, 2.75) is 11.7 Å². The fourth-order valence-corrected chi connectivity index (χ4v) is 2.87. The van der Waals surface area contributed by atoms with E-state index in [4.69, 9.17) is 10.7 Å². The summed E-state index contributed by atoms with van der Waals surface area (Å²) in [5.41, 5.74) is -0.337. The Kier molecular flexibility index (Phi) is 3.42. The second kappa shape index (κ2) is 4.74. The molecule has 0 aromatic carbocycles. The normalized spacial score (nSPS) is 19.7. The molecule has 1 aromatic rings. The molecule has 0 bridgehead atoms. The third-order valence-electron chi connectivity index (χ3n) is 2.75. The van der Waals surface area contributed by atoms with Gasteiger partial charge in [-0.2, -0.15) is 0 Å². The molecule has 10 heteroatoms. The topological polar surface area (TPSA) is 110 Å². The zero-order valence-electron chi connectivity index (χ0n) is 9.39. The first-order valence-corrected chi connectivity index (χ1v) is 7.50. The Labute approximate surface area is 112 Å². The average molecular weight is 306 g/mol. The predicted molar refractivity (Wildman–Crippen MR) is 66.4 cm³/mol. The van der Waals surface area contributed by atoms with Crippen LogP contribution in [-0.2, 0) is 13.8 Å². The molecule has 0 aliphatic carbocycles. The van der Waals surface area contributed by atoms with Gasteiger partial charge in [0, 0.05) is 29.8 Å². The number of carbonyl (C=O) groups is 1. The number of amides is 1. The van der Waals surface area contributed by atoms with Gasteiger partial charge in [0.1, 0.15) is 17.1 Å². The molecule has 1 atom stereocenters. The molecule has 1 aromatic heterocycles. The molecule has 19 heavy (non-hydrogen) atoms. The van der Waals surface area contributed by atoms with Gasteiger partial charge in [0.2, 0.25) is 15.0 Å². The number of nitro groups is 1. The number of hydrogen-bond donors (Lipinski definition) is 0. The molecule has 1 unspecified atom stereocenters. The van der Waals surface area contributed by atoms with E-state index in [1.54, 1.807) is 0 Å². The van der Waals surface area contributed by atoms with Crippen LogP contribution in [0.25, 0.3) is 0 Å². The zero-order chi connectivity index (χ0) is 14.2. The maximum absolute atomic E-state index is 11.8. The number of carbonyl (C=O) groups excluding carboxylic acids is 1. The van der Waals surface area contributed by atoms with E-state index >= 15 is 0 Å². The number of anilines is 1. The van der Waals surface area contributed by atoms with Crippen LogP contribution in [0.3, 0.4) is 0 Å². The first-order valence-electron chi connectivity index (χ1n) is 5.13. The minimum Gasteiger partial charge on any atom is -0.305 e. The van der Waals surface area contributed by atoms with Crippen LogP contribution < -0.4 is 4.90 Å². The summed E-state index contributed by atoms with van der Waals surface area (Å²) < 4.78 is 22.4. The van der Waals surface area contributed by atoms with Crippen molar-refractivity contribution < 1.29 is 18.1 Å². The van der Waals surface area contributed by atoms with Crippen LogP contribution in [0.2, 0.25) is 0 Å². The number of aromatic nitrogens is 1. The van der Waals surface area contributed by atoms with Crippen LogP contribution >= 0.6 is 10.7 Å². The van der Waals surface area contributed by atoms with E-state index in [-0.39, 0.29) is 24.3 Å². The van der Waals surface area contributed by atoms with Crippen molar-refractivity contribution in [2.75, 3.05) is 11.4 Å². The monoisotopic (exact) mass is 305 g/mol. The van der Waals surface area contributed by atoms with Crippen molar-refractivity contribution in [3.63, 3.8) is 0 Å². The molecule has 1 saturated heterocycles. The molecule has 1 fully saturated rings. The van der Waals surface area contributed by atoms with Crippen molar-refractivity contribution in [3.8, 4) is 0 Å². The van der Waals surface area contributed by atoms with Crippen LogP contribution in [-0.4, -0.2) is 36.0 Å². The van der Waals surface area contributed by atoms with Gasteiger partial charge in [0.15, 0.2) is 0 Å². The van der Waals surface area contributed by atoms with Crippen molar-refractivity contribution in [1.29, 1.82) is 0 Å². The summed E-state index contributed by atoms with van der Waals surface area (Å²) >= 11 is 0. The second-order valence-corrected chi connectivity index (χ2v) is 6.84. The largest absolute Gasteiger partial charge is 0.311 e. The van der Waals surface area contributed by atoms with Crippen LogP contribution in [0.1, 0.15) is 6.42 Å². The lowest BCUT2D eigenvalue weighted by Gasteiger charge is -2.15. The number of pyridine rings is 1. The molecule has 0 saturated carbocycles. The standard InChI is InChI=1S/C9H8ClN3O5S/c10-19(17,18)6-3-9(14)12(5-6)7-1-2-11-4-8(7)13(15)16/h1-2,4,6H,3,5H2. The van der Waals surface area contributed by atoms with Gasteiger partial charge in [-0.15, -0.1) is 0 Å². The van der Waals surface area contributed by atoms with E-state index in [0.29, 0.717) is 0 Å². The third-order valence-corrected chi connectivity index (χ3v) is 4.62. The lowest BCUT2D eigenvalue weighted by molar-refractivity contribution is -0.384. The summed E-state index contributed by atoms with van der Waals surface area (Å²) in [6.45, 7) is -0.199. The van der Waals surface area contributed by atoms with E-state index in [2.05, 4.69) is 4.98 Å². The van der Waals surface area contributed by atoms with Gasteiger partial charge in [0.05, 0.1) is 4.92 Å². The molecule has 1 aliphatic rings. The number of rotatable bonds is 3. The first kappa shape index (κ1) is 13.7. The molecule has 2 heterocycles. The molecule has 1 amide bonds. The Morgan fingerprint density at radius 2 is 2.21 bits per heavy atom. The van der Waals surface area contributed by atoms with Crippen LogP contribution in [0.5, 0.6) is 0 Å². The first-order chi connectivity index (χ1) is 8.80. The summed E-state index contributed by atoms with van der Waals surface area (Å²) in [5.74, 6) is -0.525. The van der Waals surface area contributed by atoms with E-state index in [9.17, 15) is 23.3 Å². The number of nitrogens with zero attached hydrogens (tertiary/aromatic N) is 3. The van der Waals surface area contributed by atoms with Gasteiger partial charge in [0.25, 0.3) is 0 Å². The number of hydrogen-bond acceptors (Lipinski definition) is 6. The molecular formula is C9H8ClN3O5S. The SMILES string of the molecule is O=C1CC(S(=O)(=O)Cl)CN1c1ccncc1[N+](=O)[O-]. The van der Waals surface area contributed by atoms with Crippen LogP contribution in [0.15, 0.2) is 18.5 Å². The highest BCUT2D eigenvalue weighted by Crippen LogP contribution is 2.32. The minimum absolute atomic E-state index is 0.0211. The second-order valence-electron chi connectivity index (χ2n) is 3.93. The smallest absolute Gasteiger partial charge is 0.305 e. The highest BCUT2D eigenvalue weighted by atomic mass is 35.7. The number of halogens is 1. The van der Waals surface area contributed by atoms with Gasteiger partial charge in [-0.05, 0) is 6.07 Å². The van der Waals surface area contributed by atoms with E-state index in [0.717, 1.165) is 11.1 Å². The highest BCUT2D eigenvalue weighted by molar-refractivity contribution is 8.14. The van der Waals surface area contributed by atoms with Crippen LogP contribution in [0, 0.1) is 10.1 Å². The maximum atomic E-state index is 11.8. The molecule has 0 N–H and O–H groups in total. The Bertz CT molecular complexity index is 647. The Morgan fingerprint density at radius 1 is 1.53 bits per heavy atom. The molecule has 8 nitrogen and oxygen atoms in total. The van der Waals surface area contributed by atoms with Crippen molar-refractivity contribution in [3.05, 3.63) is 28.6 Å². The summed E-state index contributed by atoms with van der Waals surface area (Å²) in [4.78, 5) is 26.6. The lowest BCUT2D eigenvalue weighted by Crippen LogP contribution is -2.27.